The van der Waals surface area contributed by atoms with Gasteiger partial charge < -0.3 is 18.9 Å². The molecule has 1 unspecified atom stereocenters. The van der Waals surface area contributed by atoms with E-state index in [0.717, 1.165) is 5.56 Å². The van der Waals surface area contributed by atoms with Gasteiger partial charge in [-0.3, -0.25) is 9.59 Å². The second-order valence-corrected chi connectivity index (χ2v) is 7.57. The third-order valence-corrected chi connectivity index (χ3v) is 6.22. The largest absolute Gasteiger partial charge is 0.458 e. The molecule has 6 nitrogen and oxygen atoms in total. The molecule has 0 amide bonds. The Labute approximate surface area is 164 Å². The molecule has 2 bridgehead atoms. The van der Waals surface area contributed by atoms with E-state index in [4.69, 9.17) is 18.9 Å². The first-order chi connectivity index (χ1) is 13.4. The van der Waals surface area contributed by atoms with Gasteiger partial charge in [0.05, 0.1) is 5.92 Å². The van der Waals surface area contributed by atoms with Crippen LogP contribution in [0.1, 0.15) is 31.7 Å². The lowest BCUT2D eigenvalue weighted by Gasteiger charge is -2.38. The molecule has 0 aromatic heterocycles. The second kappa shape index (κ2) is 6.78. The van der Waals surface area contributed by atoms with Crippen LogP contribution in [0.15, 0.2) is 42.5 Å². The van der Waals surface area contributed by atoms with Gasteiger partial charge in [-0.2, -0.15) is 0 Å². The minimum absolute atomic E-state index is 0.0224. The van der Waals surface area contributed by atoms with E-state index >= 15 is 0 Å². The first-order valence-electron chi connectivity index (χ1n) is 9.41. The lowest BCUT2D eigenvalue weighted by molar-refractivity contribution is -0.166. The number of benzene rings is 1. The number of ketones is 1. The van der Waals surface area contributed by atoms with Gasteiger partial charge in [-0.1, -0.05) is 19.1 Å². The van der Waals surface area contributed by atoms with Crippen LogP contribution in [0.5, 0.6) is 11.5 Å². The van der Waals surface area contributed by atoms with Crippen molar-refractivity contribution in [3.63, 3.8) is 0 Å². The fourth-order valence-electron chi connectivity index (χ4n) is 5.03. The van der Waals surface area contributed by atoms with E-state index in [2.05, 4.69) is 6.58 Å². The van der Waals surface area contributed by atoms with Crippen LogP contribution in [-0.4, -0.2) is 37.4 Å². The summed E-state index contributed by atoms with van der Waals surface area (Å²) < 4.78 is 22.6. The van der Waals surface area contributed by atoms with Gasteiger partial charge in [0, 0.05) is 25.9 Å². The van der Waals surface area contributed by atoms with Gasteiger partial charge in [0.2, 0.25) is 6.79 Å². The van der Waals surface area contributed by atoms with Crippen molar-refractivity contribution >= 4 is 11.8 Å². The Balaban J connectivity index is 1.84. The van der Waals surface area contributed by atoms with Gasteiger partial charge in [0.25, 0.3) is 0 Å². The van der Waals surface area contributed by atoms with Gasteiger partial charge in [-0.15, -0.1) is 6.58 Å². The van der Waals surface area contributed by atoms with E-state index < -0.39 is 23.6 Å². The Morgan fingerprint density at radius 2 is 2.07 bits per heavy atom. The molecule has 0 radical (unpaired) electrons. The van der Waals surface area contributed by atoms with Gasteiger partial charge >= 0.3 is 5.97 Å². The summed E-state index contributed by atoms with van der Waals surface area (Å²) in [7, 11) is 1.60. The number of hydrogen-bond donors (Lipinski definition) is 0. The fraction of sp³-hybridized carbons (Fsp3) is 0.455. The molecule has 3 aliphatic rings. The summed E-state index contributed by atoms with van der Waals surface area (Å²) >= 11 is 0. The maximum atomic E-state index is 13.4. The van der Waals surface area contributed by atoms with E-state index in [1.54, 1.807) is 13.2 Å². The monoisotopic (exact) mass is 384 g/mol. The molecule has 5 atom stereocenters. The highest BCUT2D eigenvalue weighted by atomic mass is 16.7. The maximum Gasteiger partial charge on any atom is 0.303 e. The van der Waals surface area contributed by atoms with Gasteiger partial charge in [-0.05, 0) is 35.8 Å². The van der Waals surface area contributed by atoms with Crippen LogP contribution >= 0.6 is 0 Å². The number of fused-ring (bicyclic) bond motifs is 3. The maximum absolute atomic E-state index is 13.4. The lowest BCUT2D eigenvalue weighted by Crippen LogP contribution is -2.50. The van der Waals surface area contributed by atoms with Crippen LogP contribution in [-0.2, 0) is 19.1 Å². The summed E-state index contributed by atoms with van der Waals surface area (Å²) in [5.41, 5.74) is 0.726. The summed E-state index contributed by atoms with van der Waals surface area (Å²) in [6.07, 6.45) is 3.33. The molecule has 6 heteroatoms. The number of methoxy groups -OCH3 is 1. The molecule has 2 aliphatic carbocycles. The third-order valence-electron chi connectivity index (χ3n) is 6.22. The van der Waals surface area contributed by atoms with Crippen LogP contribution in [0.3, 0.4) is 0 Å². The minimum atomic E-state index is -0.871. The van der Waals surface area contributed by atoms with Crippen LogP contribution < -0.4 is 9.47 Å². The SMILES string of the molecule is C=CCC1=C[C@@]2(OC)[C@@H](C)C(c3ccc4c(c3)OCO4)[C@@H](C1=O)[C@@H]2OC(C)=O. The lowest BCUT2D eigenvalue weighted by atomic mass is 9.78. The van der Waals surface area contributed by atoms with Crippen molar-refractivity contribution < 1.29 is 28.5 Å². The number of rotatable bonds is 5. The molecular formula is C22H24O6. The molecule has 1 saturated carbocycles. The quantitative estimate of drug-likeness (QED) is 0.574. The molecule has 148 valence electrons. The zero-order valence-electron chi connectivity index (χ0n) is 16.3. The molecule has 1 aromatic carbocycles. The number of hydrogen-bond acceptors (Lipinski definition) is 6. The van der Waals surface area contributed by atoms with Crippen LogP contribution in [0, 0.1) is 11.8 Å². The van der Waals surface area contributed by atoms with E-state index in [-0.39, 0.29) is 24.4 Å². The number of allylic oxidation sites excluding steroid dienone is 2. The summed E-state index contributed by atoms with van der Waals surface area (Å²) in [6.45, 7) is 7.34. The topological polar surface area (TPSA) is 71.1 Å². The average Bonchev–Trinajstić information content (AvgIpc) is 3.19. The van der Waals surface area contributed by atoms with Crippen molar-refractivity contribution in [1.82, 2.24) is 0 Å². The van der Waals surface area contributed by atoms with Gasteiger partial charge in [0.15, 0.2) is 17.3 Å². The van der Waals surface area contributed by atoms with Crippen molar-refractivity contribution in [2.45, 2.75) is 37.9 Å². The summed E-state index contributed by atoms with van der Waals surface area (Å²) in [5, 5.41) is 0. The Hall–Kier alpha value is -2.60. The van der Waals surface area contributed by atoms with Crippen molar-refractivity contribution in [2.24, 2.45) is 11.8 Å². The molecule has 0 saturated heterocycles. The fourth-order valence-corrected chi connectivity index (χ4v) is 5.03. The van der Waals surface area contributed by atoms with Crippen molar-refractivity contribution in [3.05, 3.63) is 48.1 Å². The first-order valence-corrected chi connectivity index (χ1v) is 9.41. The Morgan fingerprint density at radius 1 is 1.32 bits per heavy atom. The highest BCUT2D eigenvalue weighted by molar-refractivity contribution is 6.01. The smallest absolute Gasteiger partial charge is 0.303 e. The predicted octanol–water partition coefficient (Wildman–Crippen LogP) is 3.17. The summed E-state index contributed by atoms with van der Waals surface area (Å²) in [5.74, 6) is 0.0808. The molecule has 1 fully saturated rings. The van der Waals surface area contributed by atoms with E-state index in [1.165, 1.54) is 6.92 Å². The Bertz CT molecular complexity index is 872. The summed E-state index contributed by atoms with van der Waals surface area (Å²) in [4.78, 5) is 25.2. The highest BCUT2D eigenvalue weighted by Crippen LogP contribution is 2.58. The zero-order valence-corrected chi connectivity index (χ0v) is 16.3. The standard InChI is InChI=1S/C22H24O6/c1-5-6-15-10-22(25-4)12(2)18(19(20(15)24)21(22)28-13(3)23)14-7-8-16-17(9-14)27-11-26-16/h5,7-10,12,18-19,21H,1,6,11H2,2-4H3/t12-,18?,19-,21-,22+/m0/s1. The minimum Gasteiger partial charge on any atom is -0.458 e. The van der Waals surface area contributed by atoms with Crippen molar-refractivity contribution in [1.29, 1.82) is 0 Å². The van der Waals surface area contributed by atoms with E-state index in [1.807, 2.05) is 31.2 Å². The van der Waals surface area contributed by atoms with Crippen LogP contribution in [0.2, 0.25) is 0 Å². The predicted molar refractivity (Wildman–Crippen MR) is 101 cm³/mol. The molecule has 0 N–H and O–H groups in total. The summed E-state index contributed by atoms with van der Waals surface area (Å²) in [6, 6.07) is 5.72. The Kier molecular flexibility index (Phi) is 4.54. The van der Waals surface area contributed by atoms with E-state index in [9.17, 15) is 9.59 Å². The third kappa shape index (κ3) is 2.58. The molecule has 1 heterocycles. The number of esters is 1. The number of Topliss-reactive ketones (excluding diaryl/α,β-unsaturated/α-hetero) is 1. The van der Waals surface area contributed by atoms with Crippen LogP contribution in [0.25, 0.3) is 0 Å². The van der Waals surface area contributed by atoms with Crippen molar-refractivity contribution in [3.8, 4) is 11.5 Å². The zero-order chi connectivity index (χ0) is 20.1. The van der Waals surface area contributed by atoms with Crippen molar-refractivity contribution in [2.75, 3.05) is 13.9 Å². The van der Waals surface area contributed by atoms with E-state index in [0.29, 0.717) is 23.5 Å². The molecule has 28 heavy (non-hydrogen) atoms. The second-order valence-electron chi connectivity index (χ2n) is 7.57. The molecule has 4 rings (SSSR count). The molecule has 1 aromatic rings. The van der Waals surface area contributed by atoms with Crippen LogP contribution in [0.4, 0.5) is 0 Å². The highest BCUT2D eigenvalue weighted by Gasteiger charge is 2.65. The van der Waals surface area contributed by atoms with Gasteiger partial charge in [0.1, 0.15) is 11.7 Å². The number of ether oxygens (including phenoxy) is 4. The average molecular weight is 384 g/mol. The molecule has 0 spiro atoms. The first kappa shape index (κ1) is 18.7. The normalized spacial score (nSPS) is 32.8. The molecular weight excluding hydrogens is 360 g/mol. The van der Waals surface area contributed by atoms with Gasteiger partial charge in [-0.25, -0.2) is 0 Å². The number of carbonyl (C=O) groups is 2. The Morgan fingerprint density at radius 3 is 2.75 bits per heavy atom. The number of carbonyl (C=O) groups excluding carboxylic acids is 2. The molecule has 1 aliphatic heterocycles.